The quantitative estimate of drug-likeness (QED) is 0.376. The van der Waals surface area contributed by atoms with Gasteiger partial charge in [0.05, 0.1) is 0 Å². The fourth-order valence-electron chi connectivity index (χ4n) is 4.29. The van der Waals surface area contributed by atoms with E-state index in [9.17, 15) is 0 Å². The summed E-state index contributed by atoms with van der Waals surface area (Å²) in [6, 6.07) is 17.5. The first kappa shape index (κ1) is 31.7. The third kappa shape index (κ3) is 7.34. The molecule has 0 N–H and O–H groups in total. The molecule has 0 spiro atoms. The number of hydrogen-bond acceptors (Lipinski definition) is 0. The summed E-state index contributed by atoms with van der Waals surface area (Å²) in [6.45, 7) is 18.9. The summed E-state index contributed by atoms with van der Waals surface area (Å²) < 4.78 is 3.34. The monoisotopic (exact) mass is 576 g/mol. The molecule has 0 fully saturated rings. The molecule has 2 unspecified atom stereocenters. The van der Waals surface area contributed by atoms with E-state index in [1.807, 2.05) is 0 Å². The number of benzene rings is 2. The number of fused-ring (bicyclic) bond motifs is 2. The Hall–Kier alpha value is -0.313. The van der Waals surface area contributed by atoms with E-state index in [0.29, 0.717) is 11.1 Å². The van der Waals surface area contributed by atoms with Crippen molar-refractivity contribution >= 4 is 31.5 Å². The van der Waals surface area contributed by atoms with Crippen LogP contribution in [-0.4, -0.2) is 20.4 Å². The van der Waals surface area contributed by atoms with Gasteiger partial charge in [0.15, 0.2) is 0 Å². The molecule has 32 heavy (non-hydrogen) atoms. The van der Waals surface area contributed by atoms with E-state index < -0.39 is 16.1 Å². The Morgan fingerprint density at radius 1 is 0.625 bits per heavy atom. The fourth-order valence-corrected chi connectivity index (χ4v) is 7.96. The first-order valence-corrected chi connectivity index (χ1v) is 19.6. The minimum absolute atomic E-state index is 0. The van der Waals surface area contributed by atoms with Crippen molar-refractivity contribution in [3.8, 4) is 0 Å². The largest absolute Gasteiger partial charge is 1.00 e. The van der Waals surface area contributed by atoms with Crippen LogP contribution in [0.3, 0.4) is 0 Å². The number of hydrogen-bond donors (Lipinski definition) is 0. The maximum atomic E-state index is 3.64. The zero-order valence-corrected chi connectivity index (χ0v) is 26.7. The summed E-state index contributed by atoms with van der Waals surface area (Å²) in [5.74, 6) is 0. The van der Waals surface area contributed by atoms with E-state index in [-0.39, 0.29) is 24.8 Å². The summed E-state index contributed by atoms with van der Waals surface area (Å²) in [5, 5.41) is 0. The molecule has 0 aromatic heterocycles. The van der Waals surface area contributed by atoms with Gasteiger partial charge in [-0.3, -0.25) is 12.2 Å². The van der Waals surface area contributed by atoms with Crippen molar-refractivity contribution in [2.24, 2.45) is 0 Å². The van der Waals surface area contributed by atoms with Gasteiger partial charge in [-0.1, -0.05) is 101 Å². The standard InChI is InChI=1S/2C13H17Si.CH2.2ClH.Zr/c2*1-10-9-13(14(2,3)4)12-8-6-5-7-11(10)12;;;;/h2*5-8,13H,1-4H3;1H2;2*1H;/q2*-1;;;;+2/p-2. The second-order valence-corrected chi connectivity index (χ2v) is 20.9. The third-order valence-electron chi connectivity index (χ3n) is 5.81. The molecule has 0 amide bonds. The molecule has 2 aliphatic rings. The van der Waals surface area contributed by atoms with Crippen LogP contribution in [0.1, 0.15) is 47.2 Å². The van der Waals surface area contributed by atoms with Gasteiger partial charge in [0.1, 0.15) is 0 Å². The van der Waals surface area contributed by atoms with Crippen molar-refractivity contribution in [2.75, 3.05) is 0 Å². The van der Waals surface area contributed by atoms with E-state index in [1.165, 1.54) is 57.6 Å². The Kier molecular flexibility index (Phi) is 12.8. The topological polar surface area (TPSA) is 0 Å². The van der Waals surface area contributed by atoms with Gasteiger partial charge < -0.3 is 24.8 Å². The molecule has 0 saturated carbocycles. The predicted molar refractivity (Wildman–Crippen MR) is 137 cm³/mol. The van der Waals surface area contributed by atoms with Gasteiger partial charge in [-0.2, -0.15) is 11.1 Å². The number of allylic oxidation sites excluding steroid dienone is 4. The molecular formula is C27H36Cl2Si2Zr-2. The molecular weight excluding hydrogens is 543 g/mol. The average molecular weight is 579 g/mol. The van der Waals surface area contributed by atoms with Gasteiger partial charge in [0, 0.05) is 16.1 Å². The van der Waals surface area contributed by atoms with Gasteiger partial charge in [-0.15, -0.1) is 23.3 Å². The zero-order valence-electron chi connectivity index (χ0n) is 20.7. The summed E-state index contributed by atoms with van der Waals surface area (Å²) in [6.07, 6.45) is 7.28. The first-order chi connectivity index (χ1) is 14.0. The van der Waals surface area contributed by atoms with E-state index in [1.54, 1.807) is 0 Å². The summed E-state index contributed by atoms with van der Waals surface area (Å²) in [5.41, 5.74) is 9.71. The molecule has 2 atom stereocenters. The molecule has 5 heteroatoms. The van der Waals surface area contributed by atoms with Gasteiger partial charge in [-0.25, -0.2) is 11.1 Å². The minimum Gasteiger partial charge on any atom is -1.00 e. The number of halogens is 2. The van der Waals surface area contributed by atoms with Crippen LogP contribution in [-0.2, 0) is 24.2 Å². The van der Waals surface area contributed by atoms with Crippen molar-refractivity contribution in [1.29, 1.82) is 0 Å². The van der Waals surface area contributed by atoms with Crippen LogP contribution in [0.25, 0.3) is 11.1 Å². The molecule has 0 nitrogen and oxygen atoms in total. The van der Waals surface area contributed by atoms with Crippen LogP contribution >= 0.6 is 0 Å². The normalized spacial score (nSPS) is 18.2. The first-order valence-electron chi connectivity index (χ1n) is 10.7. The average Bonchev–Trinajstić information content (AvgIpc) is 3.22. The minimum atomic E-state index is -1.15. The van der Waals surface area contributed by atoms with Crippen molar-refractivity contribution in [3.63, 3.8) is 0 Å². The van der Waals surface area contributed by atoms with E-state index in [0.717, 1.165) is 0 Å². The van der Waals surface area contributed by atoms with Gasteiger partial charge in [0.2, 0.25) is 0 Å². The number of rotatable bonds is 2. The van der Waals surface area contributed by atoms with Crippen LogP contribution < -0.4 is 24.8 Å². The van der Waals surface area contributed by atoms with Crippen molar-refractivity contribution < 1.29 is 49.0 Å². The fraction of sp³-hybridized carbons (Fsp3) is 0.370. The molecule has 2 aliphatic carbocycles. The molecule has 172 valence electrons. The van der Waals surface area contributed by atoms with Gasteiger partial charge in [-0.05, 0) is 0 Å². The molecule has 0 bridgehead atoms. The van der Waals surface area contributed by atoms with Crippen LogP contribution in [0.5, 0.6) is 0 Å². The second kappa shape index (κ2) is 13.0. The molecule has 0 radical (unpaired) electrons. The van der Waals surface area contributed by atoms with Crippen molar-refractivity contribution in [3.05, 3.63) is 82.9 Å². The van der Waals surface area contributed by atoms with Crippen LogP contribution in [0.15, 0.2) is 48.5 Å². The maximum absolute atomic E-state index is 3.64. The molecule has 0 heterocycles. The van der Waals surface area contributed by atoms with E-state index in [4.69, 9.17) is 0 Å². The van der Waals surface area contributed by atoms with E-state index in [2.05, 4.69) is 118 Å². The Balaban J connectivity index is 0.000000527. The van der Waals surface area contributed by atoms with Crippen molar-refractivity contribution in [2.45, 2.75) is 64.2 Å². The predicted octanol–water partition coefficient (Wildman–Crippen LogP) is 1.71. The van der Waals surface area contributed by atoms with Crippen molar-refractivity contribution in [1.82, 2.24) is 0 Å². The zero-order chi connectivity index (χ0) is 22.7. The Morgan fingerprint density at radius 3 is 1.19 bits per heavy atom. The SMILES string of the molecule is CC1=[C-]C([Si](C)(C)C)c2ccccc21.CC1=[C-]C([Si](C)(C)C)c2ccccc21.[CH2]=[Zr+2].[Cl-].[Cl-]. The molecule has 2 aromatic carbocycles. The summed E-state index contributed by atoms with van der Waals surface area (Å²) in [4.78, 5) is 0. The molecule has 0 aliphatic heterocycles. The van der Waals surface area contributed by atoms with Crippen LogP contribution in [0.4, 0.5) is 0 Å². The Bertz CT molecular complexity index is 875. The smallest absolute Gasteiger partial charge is 1.00 e. The Morgan fingerprint density at radius 2 is 0.906 bits per heavy atom. The third-order valence-corrected chi connectivity index (χ3v) is 10.2. The molecule has 0 saturated heterocycles. The van der Waals surface area contributed by atoms with Gasteiger partial charge in [0.25, 0.3) is 0 Å². The summed E-state index contributed by atoms with van der Waals surface area (Å²) in [7, 11) is -2.30. The maximum Gasteiger partial charge on any atom is -1.00 e. The second-order valence-electron chi connectivity index (χ2n) is 10.3. The summed E-state index contributed by atoms with van der Waals surface area (Å²) >= 11 is 1.30. The van der Waals surface area contributed by atoms with Crippen LogP contribution in [0.2, 0.25) is 39.3 Å². The molecule has 2 aromatic rings. The van der Waals surface area contributed by atoms with Crippen LogP contribution in [0, 0.1) is 12.2 Å². The van der Waals surface area contributed by atoms with Gasteiger partial charge >= 0.3 is 28.4 Å². The molecule has 4 rings (SSSR count). The Labute approximate surface area is 226 Å². The van der Waals surface area contributed by atoms with E-state index >= 15 is 0 Å².